The highest BCUT2D eigenvalue weighted by atomic mass is 16.3. The van der Waals surface area contributed by atoms with E-state index in [4.69, 9.17) is 0 Å². The van der Waals surface area contributed by atoms with Gasteiger partial charge in [-0.1, -0.05) is 72.6 Å². The Morgan fingerprint density at radius 2 is 1.73 bits per heavy atom. The van der Waals surface area contributed by atoms with E-state index in [0.717, 1.165) is 17.6 Å². The van der Waals surface area contributed by atoms with Crippen molar-refractivity contribution in [3.8, 4) is 11.8 Å². The number of hydrogen-bond acceptors (Lipinski definition) is 1. The zero-order valence-electron chi connectivity index (χ0n) is 12.6. The molecule has 1 aromatic carbocycles. The average molecular weight is 286 g/mol. The van der Waals surface area contributed by atoms with Gasteiger partial charge in [-0.05, 0) is 42.2 Å². The summed E-state index contributed by atoms with van der Waals surface area (Å²) < 4.78 is 0. The lowest BCUT2D eigenvalue weighted by atomic mass is 9.88. The molecule has 1 unspecified atom stereocenters. The van der Waals surface area contributed by atoms with Crippen LogP contribution in [0.2, 0.25) is 0 Å². The van der Waals surface area contributed by atoms with Crippen LogP contribution in [0, 0.1) is 11.8 Å². The SMILES string of the molecule is CC(O)(C#Cc1ccccc1)C1=CCC(=C2C=CC=C2)C=C1. The molecule has 0 saturated heterocycles. The van der Waals surface area contributed by atoms with Crippen LogP contribution in [0.5, 0.6) is 0 Å². The van der Waals surface area contributed by atoms with Crippen molar-refractivity contribution >= 4 is 0 Å². The first-order chi connectivity index (χ1) is 10.6. The summed E-state index contributed by atoms with van der Waals surface area (Å²) in [5, 5.41) is 10.6. The van der Waals surface area contributed by atoms with Crippen molar-refractivity contribution in [3.05, 3.63) is 95.1 Å². The van der Waals surface area contributed by atoms with E-state index in [1.807, 2.05) is 48.6 Å². The summed E-state index contributed by atoms with van der Waals surface area (Å²) in [5.41, 5.74) is 3.13. The molecule has 1 N–H and O–H groups in total. The van der Waals surface area contributed by atoms with Crippen LogP contribution < -0.4 is 0 Å². The summed E-state index contributed by atoms with van der Waals surface area (Å²) in [6.07, 6.45) is 15.2. The first-order valence-electron chi connectivity index (χ1n) is 7.42. The van der Waals surface area contributed by atoms with Gasteiger partial charge >= 0.3 is 0 Å². The van der Waals surface area contributed by atoms with Crippen molar-refractivity contribution in [2.45, 2.75) is 18.9 Å². The number of rotatable bonds is 1. The lowest BCUT2D eigenvalue weighted by Gasteiger charge is -2.21. The molecule has 2 aliphatic carbocycles. The topological polar surface area (TPSA) is 20.2 Å². The molecule has 1 nitrogen and oxygen atoms in total. The van der Waals surface area contributed by atoms with Crippen LogP contribution in [0.1, 0.15) is 18.9 Å². The van der Waals surface area contributed by atoms with E-state index < -0.39 is 5.60 Å². The Labute approximate surface area is 131 Å². The van der Waals surface area contributed by atoms with Gasteiger partial charge in [-0.2, -0.15) is 0 Å². The lowest BCUT2D eigenvalue weighted by Crippen LogP contribution is -2.24. The first-order valence-corrected chi connectivity index (χ1v) is 7.42. The van der Waals surface area contributed by atoms with Crippen molar-refractivity contribution in [1.82, 2.24) is 0 Å². The van der Waals surface area contributed by atoms with Gasteiger partial charge in [0.25, 0.3) is 0 Å². The highest BCUT2D eigenvalue weighted by Crippen LogP contribution is 2.27. The molecule has 1 heteroatoms. The van der Waals surface area contributed by atoms with Gasteiger partial charge in [-0.25, -0.2) is 0 Å². The van der Waals surface area contributed by atoms with E-state index in [1.54, 1.807) is 6.92 Å². The van der Waals surface area contributed by atoms with Gasteiger partial charge < -0.3 is 5.11 Å². The number of allylic oxidation sites excluding steroid dienone is 8. The standard InChI is InChI=1S/C21H18O/c1-21(22,16-15-17-7-3-2-4-8-17)20-13-11-19(12-14-20)18-9-5-6-10-18/h2-11,13-14,22H,12H2,1H3. The minimum Gasteiger partial charge on any atom is -0.374 e. The summed E-state index contributed by atoms with van der Waals surface area (Å²) in [5.74, 6) is 6.01. The maximum absolute atomic E-state index is 10.6. The highest BCUT2D eigenvalue weighted by molar-refractivity contribution is 5.53. The van der Waals surface area contributed by atoms with Gasteiger partial charge in [0.2, 0.25) is 0 Å². The van der Waals surface area contributed by atoms with Crippen LogP contribution in [0.25, 0.3) is 0 Å². The van der Waals surface area contributed by atoms with Crippen molar-refractivity contribution < 1.29 is 5.11 Å². The molecule has 0 aromatic heterocycles. The van der Waals surface area contributed by atoms with E-state index >= 15 is 0 Å². The Morgan fingerprint density at radius 3 is 2.36 bits per heavy atom. The van der Waals surface area contributed by atoms with Crippen LogP contribution in [0.4, 0.5) is 0 Å². The molecular weight excluding hydrogens is 268 g/mol. The largest absolute Gasteiger partial charge is 0.374 e. The van der Waals surface area contributed by atoms with Gasteiger partial charge in [0.1, 0.15) is 5.60 Å². The number of benzene rings is 1. The Balaban J connectivity index is 1.79. The second-order valence-corrected chi connectivity index (χ2v) is 5.58. The minimum absolute atomic E-state index is 0.818. The van der Waals surface area contributed by atoms with Gasteiger partial charge in [-0.3, -0.25) is 0 Å². The minimum atomic E-state index is -1.14. The zero-order chi connectivity index (χ0) is 15.4. The molecule has 1 atom stereocenters. The average Bonchev–Trinajstić information content (AvgIpc) is 3.09. The van der Waals surface area contributed by atoms with Crippen LogP contribution in [0.15, 0.2) is 89.6 Å². The second kappa shape index (κ2) is 6.05. The molecule has 22 heavy (non-hydrogen) atoms. The Morgan fingerprint density at radius 1 is 1.00 bits per heavy atom. The van der Waals surface area contributed by atoms with E-state index in [9.17, 15) is 5.11 Å². The summed E-state index contributed by atoms with van der Waals surface area (Å²) in [6, 6.07) is 9.72. The van der Waals surface area contributed by atoms with Crippen molar-refractivity contribution in [2.24, 2.45) is 0 Å². The summed E-state index contributed by atoms with van der Waals surface area (Å²) in [4.78, 5) is 0. The maximum Gasteiger partial charge on any atom is 0.148 e. The molecule has 0 fully saturated rings. The van der Waals surface area contributed by atoms with Crippen LogP contribution in [-0.2, 0) is 0 Å². The first kappa shape index (κ1) is 14.4. The molecule has 0 spiro atoms. The quantitative estimate of drug-likeness (QED) is 0.771. The Bertz CT molecular complexity index is 758. The molecule has 0 aliphatic heterocycles. The predicted molar refractivity (Wildman–Crippen MR) is 91.1 cm³/mol. The molecule has 1 aromatic rings. The van der Waals surface area contributed by atoms with E-state index in [2.05, 4.69) is 36.1 Å². The van der Waals surface area contributed by atoms with Gasteiger partial charge in [0, 0.05) is 5.56 Å². The molecule has 2 aliphatic rings. The van der Waals surface area contributed by atoms with E-state index in [1.165, 1.54) is 11.1 Å². The molecule has 3 rings (SSSR count). The highest BCUT2D eigenvalue weighted by Gasteiger charge is 2.22. The molecule has 0 amide bonds. The van der Waals surface area contributed by atoms with Crippen LogP contribution >= 0.6 is 0 Å². The molecular formula is C21H18O. The third-order valence-corrected chi connectivity index (χ3v) is 3.83. The third-order valence-electron chi connectivity index (χ3n) is 3.83. The fourth-order valence-corrected chi connectivity index (χ4v) is 2.50. The van der Waals surface area contributed by atoms with Gasteiger partial charge in [0.05, 0.1) is 0 Å². The van der Waals surface area contributed by atoms with Crippen molar-refractivity contribution in [3.63, 3.8) is 0 Å². The fourth-order valence-electron chi connectivity index (χ4n) is 2.50. The van der Waals surface area contributed by atoms with Crippen LogP contribution in [0.3, 0.4) is 0 Å². The van der Waals surface area contributed by atoms with E-state index in [0.29, 0.717) is 0 Å². The summed E-state index contributed by atoms with van der Waals surface area (Å²) in [6.45, 7) is 1.74. The number of hydrogen-bond donors (Lipinski definition) is 1. The molecule has 0 bridgehead atoms. The Kier molecular flexibility index (Phi) is 3.96. The third kappa shape index (κ3) is 3.19. The molecule has 0 heterocycles. The summed E-state index contributed by atoms with van der Waals surface area (Å²) in [7, 11) is 0. The molecule has 108 valence electrons. The predicted octanol–water partition coefficient (Wildman–Crippen LogP) is 4.10. The Hall–Kier alpha value is -2.56. The lowest BCUT2D eigenvalue weighted by molar-refractivity contribution is 0.164. The van der Waals surface area contributed by atoms with Crippen LogP contribution in [-0.4, -0.2) is 10.7 Å². The van der Waals surface area contributed by atoms with Crippen molar-refractivity contribution in [1.29, 1.82) is 0 Å². The van der Waals surface area contributed by atoms with Gasteiger partial charge in [-0.15, -0.1) is 0 Å². The second-order valence-electron chi connectivity index (χ2n) is 5.58. The normalized spacial score (nSPS) is 18.7. The fraction of sp³-hybridized carbons (Fsp3) is 0.143. The molecule has 0 saturated carbocycles. The smallest absolute Gasteiger partial charge is 0.148 e. The summed E-state index contributed by atoms with van der Waals surface area (Å²) >= 11 is 0. The zero-order valence-corrected chi connectivity index (χ0v) is 12.6. The van der Waals surface area contributed by atoms with E-state index in [-0.39, 0.29) is 0 Å². The number of aliphatic hydroxyl groups is 1. The molecule has 0 radical (unpaired) electrons. The van der Waals surface area contributed by atoms with Gasteiger partial charge in [0.15, 0.2) is 0 Å². The monoisotopic (exact) mass is 286 g/mol. The van der Waals surface area contributed by atoms with Crippen molar-refractivity contribution in [2.75, 3.05) is 0 Å². The maximum atomic E-state index is 10.6.